The zero-order valence-electron chi connectivity index (χ0n) is 19.2. The monoisotopic (exact) mass is 497 g/mol. The lowest BCUT2D eigenvalue weighted by atomic mass is 10.1. The van der Waals surface area contributed by atoms with E-state index >= 15 is 0 Å². The van der Waals surface area contributed by atoms with Crippen LogP contribution in [0.1, 0.15) is 38.7 Å². The Morgan fingerprint density at radius 3 is 2.71 bits per heavy atom. The van der Waals surface area contributed by atoms with Gasteiger partial charge in [0.1, 0.15) is 17.6 Å². The highest BCUT2D eigenvalue weighted by Gasteiger charge is 2.22. The van der Waals surface area contributed by atoms with Crippen molar-refractivity contribution in [3.8, 4) is 11.5 Å². The Balaban J connectivity index is 1.46. The van der Waals surface area contributed by atoms with Gasteiger partial charge in [-0.25, -0.2) is 4.79 Å². The fourth-order valence-electron chi connectivity index (χ4n) is 3.64. The lowest BCUT2D eigenvalue weighted by molar-refractivity contribution is -0.170. The average molecular weight is 498 g/mol. The summed E-state index contributed by atoms with van der Waals surface area (Å²) in [5.41, 5.74) is 1.95. The molecule has 1 aliphatic rings. The Kier molecular flexibility index (Phi) is 8.30. The van der Waals surface area contributed by atoms with Crippen molar-refractivity contribution in [2.24, 2.45) is 0 Å². The molecule has 1 aromatic carbocycles. The third-order valence-corrected chi connectivity index (χ3v) is 6.58. The van der Waals surface area contributed by atoms with Crippen LogP contribution in [0.15, 0.2) is 54.9 Å². The second kappa shape index (κ2) is 11.8. The minimum absolute atomic E-state index is 0.148. The summed E-state index contributed by atoms with van der Waals surface area (Å²) in [5, 5.41) is 15.5. The number of carbonyl (C=O) groups is 2. The summed E-state index contributed by atoms with van der Waals surface area (Å²) in [6, 6.07) is 12.3. The van der Waals surface area contributed by atoms with Gasteiger partial charge in [-0.3, -0.25) is 9.78 Å². The molecule has 35 heavy (non-hydrogen) atoms. The van der Waals surface area contributed by atoms with E-state index in [9.17, 15) is 14.7 Å². The molecule has 0 radical (unpaired) electrons. The van der Waals surface area contributed by atoms with Crippen molar-refractivity contribution in [1.29, 1.82) is 0 Å². The van der Waals surface area contributed by atoms with Crippen LogP contribution < -0.4 is 20.1 Å². The van der Waals surface area contributed by atoms with E-state index < -0.39 is 18.4 Å². The van der Waals surface area contributed by atoms with Gasteiger partial charge in [0.25, 0.3) is 12.2 Å². The van der Waals surface area contributed by atoms with Gasteiger partial charge in [-0.05, 0) is 54.8 Å². The molecule has 1 aliphatic heterocycles. The van der Waals surface area contributed by atoms with E-state index in [1.165, 1.54) is 21.8 Å². The second-order valence-electron chi connectivity index (χ2n) is 7.80. The number of carbonyl (C=O) groups excluding carboxylic acids is 1. The number of hydrogen-bond acceptors (Lipinski definition) is 8. The fourth-order valence-corrected chi connectivity index (χ4v) is 4.74. The van der Waals surface area contributed by atoms with Gasteiger partial charge in [0, 0.05) is 30.8 Å². The number of carboxylic acids is 1. The van der Waals surface area contributed by atoms with Crippen LogP contribution in [0.25, 0.3) is 0 Å². The number of aliphatic carboxylic acids is 1. The van der Waals surface area contributed by atoms with Crippen LogP contribution in [-0.4, -0.2) is 48.0 Å². The Hall–Kier alpha value is -3.47. The van der Waals surface area contributed by atoms with Crippen LogP contribution in [0.5, 0.6) is 11.5 Å². The molecule has 10 heteroatoms. The number of nitrogens with one attached hydrogen (secondary N) is 2. The van der Waals surface area contributed by atoms with Crippen molar-refractivity contribution in [2.75, 3.05) is 19.7 Å². The van der Waals surface area contributed by atoms with Crippen LogP contribution in [0.4, 0.5) is 0 Å². The van der Waals surface area contributed by atoms with Gasteiger partial charge in [0.2, 0.25) is 0 Å². The molecule has 3 N–H and O–H groups in total. The van der Waals surface area contributed by atoms with Gasteiger partial charge in [0.15, 0.2) is 0 Å². The molecule has 9 nitrogen and oxygen atoms in total. The first-order chi connectivity index (χ1) is 17.0. The standard InChI is InChI=1S/C25H27N3O6S/c1-2-32-25(24(30)31)34-18-7-5-16(6-8-18)20(33-19-4-3-10-26-14-19)15-28-23(29)22-12-17-13-27-11-9-21(17)35-22/h3-8,10,12,14,20,25,27H,2,9,11,13,15H2,1H3,(H,28,29)(H,30,31). The molecule has 1 amide bonds. The Labute approximate surface area is 207 Å². The maximum Gasteiger partial charge on any atom is 0.373 e. The first-order valence-corrected chi connectivity index (χ1v) is 12.1. The Morgan fingerprint density at radius 2 is 2.03 bits per heavy atom. The molecule has 0 aliphatic carbocycles. The number of fused-ring (bicyclic) bond motifs is 1. The molecule has 2 unspecified atom stereocenters. The van der Waals surface area contributed by atoms with Gasteiger partial charge in [-0.15, -0.1) is 11.3 Å². The molecule has 2 aromatic heterocycles. The lowest BCUT2D eigenvalue weighted by Crippen LogP contribution is -2.30. The van der Waals surface area contributed by atoms with Crippen LogP contribution >= 0.6 is 11.3 Å². The highest BCUT2D eigenvalue weighted by molar-refractivity contribution is 7.14. The Bertz CT molecular complexity index is 1110. The molecule has 184 valence electrons. The summed E-state index contributed by atoms with van der Waals surface area (Å²) in [4.78, 5) is 30.2. The lowest BCUT2D eigenvalue weighted by Gasteiger charge is -2.21. The number of aromatic nitrogens is 1. The summed E-state index contributed by atoms with van der Waals surface area (Å²) in [6.45, 7) is 3.84. The molecule has 2 atom stereocenters. The van der Waals surface area contributed by atoms with Gasteiger partial charge in [0.05, 0.1) is 17.6 Å². The smallest absolute Gasteiger partial charge is 0.373 e. The SMILES string of the molecule is CCOC(Oc1ccc(C(CNC(=O)c2cc3c(s2)CCNC3)Oc2cccnc2)cc1)C(=O)O. The van der Waals surface area contributed by atoms with Crippen LogP contribution in [-0.2, 0) is 22.5 Å². The number of amides is 1. The number of pyridine rings is 1. The molecule has 0 saturated carbocycles. The van der Waals surface area contributed by atoms with Gasteiger partial charge >= 0.3 is 5.97 Å². The molecule has 4 rings (SSSR count). The number of ether oxygens (including phenoxy) is 3. The van der Waals surface area contributed by atoms with Crippen molar-refractivity contribution < 1.29 is 28.9 Å². The minimum atomic E-state index is -1.39. The number of carboxylic acid groups (broad SMARTS) is 1. The molecule has 3 aromatic rings. The summed E-state index contributed by atoms with van der Waals surface area (Å²) >= 11 is 1.53. The van der Waals surface area contributed by atoms with Gasteiger partial charge in [-0.1, -0.05) is 12.1 Å². The molecule has 0 saturated heterocycles. The molecular formula is C25H27N3O6S. The number of nitrogens with zero attached hydrogens (tertiary/aromatic N) is 1. The predicted octanol–water partition coefficient (Wildman–Crippen LogP) is 3.16. The maximum atomic E-state index is 12.9. The van der Waals surface area contributed by atoms with Crippen molar-refractivity contribution in [2.45, 2.75) is 32.3 Å². The average Bonchev–Trinajstić information content (AvgIpc) is 3.32. The number of thiophene rings is 1. The predicted molar refractivity (Wildman–Crippen MR) is 130 cm³/mol. The maximum absolute atomic E-state index is 12.9. The number of benzene rings is 1. The summed E-state index contributed by atoms with van der Waals surface area (Å²) in [5.74, 6) is -0.448. The fraction of sp³-hybridized carbons (Fsp3) is 0.320. The summed E-state index contributed by atoms with van der Waals surface area (Å²) < 4.78 is 16.6. The normalized spacial score (nSPS) is 14.4. The third-order valence-electron chi connectivity index (χ3n) is 5.34. The summed E-state index contributed by atoms with van der Waals surface area (Å²) in [6.07, 6.45) is 2.29. The summed E-state index contributed by atoms with van der Waals surface area (Å²) in [7, 11) is 0. The first-order valence-electron chi connectivity index (χ1n) is 11.3. The largest absolute Gasteiger partial charge is 0.482 e. The van der Waals surface area contributed by atoms with E-state index in [1.54, 1.807) is 55.7 Å². The third kappa shape index (κ3) is 6.56. The van der Waals surface area contributed by atoms with Gasteiger partial charge in [-0.2, -0.15) is 0 Å². The van der Waals surface area contributed by atoms with E-state index in [0.717, 1.165) is 25.1 Å². The number of rotatable bonds is 11. The van der Waals surface area contributed by atoms with Crippen molar-refractivity contribution in [3.05, 3.63) is 75.7 Å². The van der Waals surface area contributed by atoms with E-state index in [1.807, 2.05) is 6.07 Å². The van der Waals surface area contributed by atoms with Crippen molar-refractivity contribution in [1.82, 2.24) is 15.6 Å². The van der Waals surface area contributed by atoms with Crippen molar-refractivity contribution >= 4 is 23.2 Å². The quantitative estimate of drug-likeness (QED) is 0.346. The number of hydrogen-bond donors (Lipinski definition) is 3. The molecular weight excluding hydrogens is 470 g/mol. The van der Waals surface area contributed by atoms with Crippen LogP contribution in [0.2, 0.25) is 0 Å². The van der Waals surface area contributed by atoms with Gasteiger partial charge < -0.3 is 30.0 Å². The van der Waals surface area contributed by atoms with E-state index in [2.05, 4.69) is 15.6 Å². The molecule has 0 bridgehead atoms. The van der Waals surface area contributed by atoms with E-state index in [-0.39, 0.29) is 19.1 Å². The van der Waals surface area contributed by atoms with E-state index in [0.29, 0.717) is 16.4 Å². The molecule has 3 heterocycles. The van der Waals surface area contributed by atoms with E-state index in [4.69, 9.17) is 14.2 Å². The first kappa shape index (κ1) is 24.6. The highest BCUT2D eigenvalue weighted by Crippen LogP contribution is 2.26. The minimum Gasteiger partial charge on any atom is -0.482 e. The van der Waals surface area contributed by atoms with Crippen molar-refractivity contribution in [3.63, 3.8) is 0 Å². The van der Waals surface area contributed by atoms with Crippen LogP contribution in [0, 0.1) is 0 Å². The Morgan fingerprint density at radius 1 is 1.20 bits per heavy atom. The highest BCUT2D eigenvalue weighted by atomic mass is 32.1. The second-order valence-corrected chi connectivity index (χ2v) is 8.94. The zero-order chi connectivity index (χ0) is 24.6. The van der Waals surface area contributed by atoms with Crippen LogP contribution in [0.3, 0.4) is 0 Å². The zero-order valence-corrected chi connectivity index (χ0v) is 20.0. The molecule has 0 spiro atoms. The molecule has 0 fully saturated rings. The topological polar surface area (TPSA) is 119 Å².